The zero-order valence-corrected chi connectivity index (χ0v) is 23.9. The molecule has 0 atom stereocenters. The molecule has 0 heterocycles. The molecule has 0 amide bonds. The zero-order chi connectivity index (χ0) is 28.3. The van der Waals surface area contributed by atoms with Crippen molar-refractivity contribution in [2.45, 2.75) is 47.1 Å². The molecule has 0 aromatic heterocycles. The maximum Gasteiger partial charge on any atom is 0.311 e. The molecule has 3 aromatic carbocycles. The van der Waals surface area contributed by atoms with Gasteiger partial charge in [-0.05, 0) is 68.1 Å². The van der Waals surface area contributed by atoms with Gasteiger partial charge in [0.2, 0.25) is 0 Å². The van der Waals surface area contributed by atoms with Gasteiger partial charge in [-0.3, -0.25) is 9.59 Å². The lowest BCUT2D eigenvalue weighted by Crippen LogP contribution is -2.32. The number of benzene rings is 3. The van der Waals surface area contributed by atoms with Gasteiger partial charge in [0.05, 0.1) is 43.9 Å². The second kappa shape index (κ2) is 14.4. The standard InChI is InChI=1S/C32H42O7/c1-31(2,29(33)38-21-20-37-19-18-36-17-16-35-5)14-15-32(3,4)30(34)39-23-28-26-12-8-6-10-24(26)22-25-11-7-9-13-27(25)28/h6-13,22H,14-21,23H2,1-5H3. The van der Waals surface area contributed by atoms with Gasteiger partial charge >= 0.3 is 11.9 Å². The van der Waals surface area contributed by atoms with Crippen LogP contribution in [-0.4, -0.2) is 58.7 Å². The molecular weight excluding hydrogens is 496 g/mol. The third-order valence-electron chi connectivity index (χ3n) is 6.98. The van der Waals surface area contributed by atoms with Crippen molar-refractivity contribution >= 4 is 33.5 Å². The van der Waals surface area contributed by atoms with E-state index in [4.69, 9.17) is 23.7 Å². The van der Waals surface area contributed by atoms with Crippen LogP contribution in [0.3, 0.4) is 0 Å². The lowest BCUT2D eigenvalue weighted by atomic mass is 9.79. The summed E-state index contributed by atoms with van der Waals surface area (Å²) in [5, 5.41) is 4.38. The predicted octanol–water partition coefficient (Wildman–Crippen LogP) is 6.09. The first-order valence-corrected chi connectivity index (χ1v) is 13.5. The van der Waals surface area contributed by atoms with Crippen molar-refractivity contribution < 1.29 is 33.3 Å². The van der Waals surface area contributed by atoms with Crippen LogP contribution < -0.4 is 0 Å². The van der Waals surface area contributed by atoms with Gasteiger partial charge in [0, 0.05) is 12.7 Å². The van der Waals surface area contributed by atoms with E-state index in [0.29, 0.717) is 45.9 Å². The van der Waals surface area contributed by atoms with Gasteiger partial charge in [-0.2, -0.15) is 0 Å². The summed E-state index contributed by atoms with van der Waals surface area (Å²) in [6, 6.07) is 18.4. The van der Waals surface area contributed by atoms with Gasteiger partial charge in [0.15, 0.2) is 0 Å². The van der Waals surface area contributed by atoms with E-state index in [1.165, 1.54) is 0 Å². The molecule has 0 aliphatic heterocycles. The molecule has 7 heteroatoms. The summed E-state index contributed by atoms with van der Waals surface area (Å²) < 4.78 is 27.0. The van der Waals surface area contributed by atoms with Crippen molar-refractivity contribution in [2.24, 2.45) is 10.8 Å². The Bertz CT molecular complexity index is 1180. The van der Waals surface area contributed by atoms with E-state index < -0.39 is 10.8 Å². The van der Waals surface area contributed by atoms with Crippen LogP contribution in [0.25, 0.3) is 21.5 Å². The summed E-state index contributed by atoms with van der Waals surface area (Å²) in [6.07, 6.45) is 0.971. The lowest BCUT2D eigenvalue weighted by molar-refractivity contribution is -0.160. The highest BCUT2D eigenvalue weighted by Gasteiger charge is 2.36. The quantitative estimate of drug-likeness (QED) is 0.124. The van der Waals surface area contributed by atoms with Crippen LogP contribution in [0.4, 0.5) is 0 Å². The highest BCUT2D eigenvalue weighted by molar-refractivity contribution is 6.02. The molecule has 3 aromatic rings. The molecule has 0 fully saturated rings. The Kier molecular flexibility index (Phi) is 11.3. The van der Waals surface area contributed by atoms with Gasteiger partial charge in [-0.15, -0.1) is 0 Å². The van der Waals surface area contributed by atoms with E-state index >= 15 is 0 Å². The summed E-state index contributed by atoms with van der Waals surface area (Å²) in [7, 11) is 1.62. The van der Waals surface area contributed by atoms with Crippen molar-refractivity contribution in [2.75, 3.05) is 46.8 Å². The van der Waals surface area contributed by atoms with Gasteiger partial charge in [0.25, 0.3) is 0 Å². The Balaban J connectivity index is 1.49. The molecule has 3 rings (SSSR count). The third kappa shape index (κ3) is 8.75. The van der Waals surface area contributed by atoms with E-state index in [9.17, 15) is 9.59 Å². The van der Waals surface area contributed by atoms with Crippen LogP contribution in [0.15, 0.2) is 54.6 Å². The average Bonchev–Trinajstić information content (AvgIpc) is 2.93. The molecule has 0 aliphatic carbocycles. The van der Waals surface area contributed by atoms with Crippen LogP contribution in [0.1, 0.15) is 46.1 Å². The molecule has 0 spiro atoms. The van der Waals surface area contributed by atoms with E-state index in [1.807, 2.05) is 52.0 Å². The minimum Gasteiger partial charge on any atom is -0.463 e. The highest BCUT2D eigenvalue weighted by Crippen LogP contribution is 2.34. The Morgan fingerprint density at radius 1 is 0.641 bits per heavy atom. The van der Waals surface area contributed by atoms with Crippen molar-refractivity contribution in [3.05, 3.63) is 60.2 Å². The molecule has 212 valence electrons. The van der Waals surface area contributed by atoms with Crippen LogP contribution in [0.5, 0.6) is 0 Å². The molecular formula is C32H42O7. The Labute approximate surface area is 231 Å². The third-order valence-corrected chi connectivity index (χ3v) is 6.98. The summed E-state index contributed by atoms with van der Waals surface area (Å²) in [4.78, 5) is 25.9. The van der Waals surface area contributed by atoms with Crippen LogP contribution in [0.2, 0.25) is 0 Å². The SMILES string of the molecule is COCCOCCOCCOC(=O)C(C)(C)CCC(C)(C)C(=O)OCc1c2ccccc2cc2ccccc12. The van der Waals surface area contributed by atoms with Crippen LogP contribution in [-0.2, 0) is 39.9 Å². The fraction of sp³-hybridized carbons (Fsp3) is 0.500. The van der Waals surface area contributed by atoms with Gasteiger partial charge < -0.3 is 23.7 Å². The molecule has 0 saturated heterocycles. The largest absolute Gasteiger partial charge is 0.463 e. The number of rotatable bonds is 16. The first kappa shape index (κ1) is 30.5. The Morgan fingerprint density at radius 3 is 1.64 bits per heavy atom. The molecule has 0 saturated carbocycles. The van der Waals surface area contributed by atoms with E-state index in [2.05, 4.69) is 30.3 Å². The van der Waals surface area contributed by atoms with Crippen LogP contribution >= 0.6 is 0 Å². The first-order chi connectivity index (χ1) is 18.7. The summed E-state index contributed by atoms with van der Waals surface area (Å²) >= 11 is 0. The maximum atomic E-state index is 13.2. The van der Waals surface area contributed by atoms with Crippen LogP contribution in [0, 0.1) is 10.8 Å². The summed E-state index contributed by atoms with van der Waals surface area (Å²) in [5.41, 5.74) is -0.503. The van der Waals surface area contributed by atoms with Gasteiger partial charge in [-0.1, -0.05) is 48.5 Å². The topological polar surface area (TPSA) is 80.3 Å². The minimum absolute atomic E-state index is 0.171. The second-order valence-electron chi connectivity index (χ2n) is 11.0. The monoisotopic (exact) mass is 538 g/mol. The lowest BCUT2D eigenvalue weighted by Gasteiger charge is -2.28. The zero-order valence-electron chi connectivity index (χ0n) is 23.9. The number of carbonyl (C=O) groups is 2. The number of carbonyl (C=O) groups excluding carboxylic acids is 2. The molecule has 0 N–H and O–H groups in total. The summed E-state index contributed by atoms with van der Waals surface area (Å²) in [6.45, 7) is 10.0. The smallest absolute Gasteiger partial charge is 0.311 e. The number of esters is 2. The maximum absolute atomic E-state index is 13.2. The van der Waals surface area contributed by atoms with Crippen molar-refractivity contribution in [1.29, 1.82) is 0 Å². The Morgan fingerprint density at radius 2 is 1.10 bits per heavy atom. The minimum atomic E-state index is -0.760. The number of ether oxygens (including phenoxy) is 5. The van der Waals surface area contributed by atoms with Crippen molar-refractivity contribution in [3.8, 4) is 0 Å². The molecule has 0 aliphatic rings. The van der Waals surface area contributed by atoms with E-state index in [-0.39, 0.29) is 25.2 Å². The predicted molar refractivity (Wildman–Crippen MR) is 153 cm³/mol. The number of fused-ring (bicyclic) bond motifs is 2. The van der Waals surface area contributed by atoms with E-state index in [1.54, 1.807) is 7.11 Å². The fourth-order valence-electron chi connectivity index (χ4n) is 4.28. The average molecular weight is 539 g/mol. The van der Waals surface area contributed by atoms with Crippen molar-refractivity contribution in [3.63, 3.8) is 0 Å². The molecule has 7 nitrogen and oxygen atoms in total. The normalized spacial score (nSPS) is 12.1. The van der Waals surface area contributed by atoms with E-state index in [0.717, 1.165) is 27.1 Å². The van der Waals surface area contributed by atoms with Gasteiger partial charge in [-0.25, -0.2) is 0 Å². The fourth-order valence-corrected chi connectivity index (χ4v) is 4.28. The highest BCUT2D eigenvalue weighted by atomic mass is 16.6. The number of methoxy groups -OCH3 is 1. The molecule has 39 heavy (non-hydrogen) atoms. The summed E-state index contributed by atoms with van der Waals surface area (Å²) in [5.74, 6) is -0.598. The van der Waals surface area contributed by atoms with Gasteiger partial charge in [0.1, 0.15) is 13.2 Å². The van der Waals surface area contributed by atoms with Crippen molar-refractivity contribution in [1.82, 2.24) is 0 Å². The second-order valence-corrected chi connectivity index (χ2v) is 11.0. The molecule has 0 radical (unpaired) electrons. The Hall–Kier alpha value is -3.00. The molecule has 0 unspecified atom stereocenters. The first-order valence-electron chi connectivity index (χ1n) is 13.5. The number of hydrogen-bond acceptors (Lipinski definition) is 7. The number of hydrogen-bond donors (Lipinski definition) is 0. The molecule has 0 bridgehead atoms.